The molecule has 6 heteroatoms. The number of rotatable bonds is 7. The Morgan fingerprint density at radius 3 is 2.62 bits per heavy atom. The summed E-state index contributed by atoms with van der Waals surface area (Å²) < 4.78 is 5.78. The van der Waals surface area contributed by atoms with E-state index in [9.17, 15) is 4.79 Å². The lowest BCUT2D eigenvalue weighted by Crippen LogP contribution is -2.37. The molecular weight excluding hydrogens is 382 g/mol. The molecule has 2 aromatic carbocycles. The van der Waals surface area contributed by atoms with Crippen LogP contribution in [0.25, 0.3) is 22.3 Å². The number of fused-ring (bicyclic) bond motifs is 1. The lowest BCUT2D eigenvalue weighted by atomic mass is 10.1. The van der Waals surface area contributed by atoms with Crippen LogP contribution in [0.2, 0.25) is 0 Å². The quantitative estimate of drug-likeness (QED) is 0.494. The number of nitrogens with zero attached hydrogens (tertiary/aromatic N) is 2. The molecule has 146 valence electrons. The number of aromatic nitrogens is 2. The average molecular weight is 404 g/mol. The highest BCUT2D eigenvalue weighted by Crippen LogP contribution is 2.22. The molecule has 29 heavy (non-hydrogen) atoms. The zero-order chi connectivity index (χ0) is 20.1. The van der Waals surface area contributed by atoms with Gasteiger partial charge < -0.3 is 10.1 Å². The fraction of sp³-hybridized carbons (Fsp3) is 0.174. The van der Waals surface area contributed by atoms with Gasteiger partial charge in [0.2, 0.25) is 0 Å². The molecule has 0 saturated heterocycles. The standard InChI is InChI=1S/C23H21N3O2S/c1-16(23(27)24-13-12-19-5-4-14-29-19)28-18-10-8-17(9-11-18)22-15-25-20-6-2-3-7-21(20)26-22/h2-11,14-16H,12-13H2,1H3,(H,24,27)/t16-/m0/s1. The largest absolute Gasteiger partial charge is 0.481 e. The molecular formula is C23H21N3O2S. The normalized spacial score (nSPS) is 11.9. The Hall–Kier alpha value is -3.25. The molecule has 1 N–H and O–H groups in total. The molecule has 4 aromatic rings. The van der Waals surface area contributed by atoms with Crippen molar-refractivity contribution in [3.63, 3.8) is 0 Å². The van der Waals surface area contributed by atoms with Crippen molar-refractivity contribution in [1.82, 2.24) is 15.3 Å². The maximum absolute atomic E-state index is 12.2. The predicted molar refractivity (Wildman–Crippen MR) is 116 cm³/mol. The Balaban J connectivity index is 1.35. The molecule has 2 heterocycles. The molecule has 2 aromatic heterocycles. The van der Waals surface area contributed by atoms with Crippen LogP contribution < -0.4 is 10.1 Å². The number of carbonyl (C=O) groups is 1. The first kappa shape index (κ1) is 19.1. The fourth-order valence-electron chi connectivity index (χ4n) is 2.97. The van der Waals surface area contributed by atoms with Crippen molar-refractivity contribution in [2.75, 3.05) is 6.54 Å². The van der Waals surface area contributed by atoms with Gasteiger partial charge in [-0.3, -0.25) is 9.78 Å². The van der Waals surface area contributed by atoms with Crippen LogP contribution in [-0.2, 0) is 11.2 Å². The van der Waals surface area contributed by atoms with Gasteiger partial charge in [0.25, 0.3) is 5.91 Å². The SMILES string of the molecule is C[C@H](Oc1ccc(-c2cnc3ccccc3n2)cc1)C(=O)NCCc1cccs1. The number of hydrogen-bond acceptors (Lipinski definition) is 5. The van der Waals surface area contributed by atoms with Crippen molar-refractivity contribution in [2.45, 2.75) is 19.4 Å². The Bertz CT molecular complexity index is 1090. The van der Waals surface area contributed by atoms with Crippen molar-refractivity contribution in [2.24, 2.45) is 0 Å². The summed E-state index contributed by atoms with van der Waals surface area (Å²) >= 11 is 1.69. The van der Waals surface area contributed by atoms with E-state index in [-0.39, 0.29) is 5.91 Å². The van der Waals surface area contributed by atoms with E-state index in [0.29, 0.717) is 12.3 Å². The minimum Gasteiger partial charge on any atom is -0.481 e. The number of thiophene rings is 1. The van der Waals surface area contributed by atoms with Gasteiger partial charge in [-0.2, -0.15) is 0 Å². The molecule has 0 aliphatic heterocycles. The van der Waals surface area contributed by atoms with Crippen LogP contribution in [0.4, 0.5) is 0 Å². The molecule has 0 unspecified atom stereocenters. The van der Waals surface area contributed by atoms with Crippen LogP contribution in [0.5, 0.6) is 5.75 Å². The summed E-state index contributed by atoms with van der Waals surface area (Å²) in [5.41, 5.74) is 3.48. The van der Waals surface area contributed by atoms with Crippen molar-refractivity contribution < 1.29 is 9.53 Å². The first-order valence-electron chi connectivity index (χ1n) is 9.48. The van der Waals surface area contributed by atoms with Gasteiger partial charge >= 0.3 is 0 Å². The number of benzene rings is 2. The summed E-state index contributed by atoms with van der Waals surface area (Å²) in [6, 6.07) is 19.4. The number of amides is 1. The Morgan fingerprint density at radius 1 is 1.07 bits per heavy atom. The maximum atomic E-state index is 12.2. The van der Waals surface area contributed by atoms with Crippen molar-refractivity contribution in [3.05, 3.63) is 77.1 Å². The number of nitrogens with one attached hydrogen (secondary N) is 1. The van der Waals surface area contributed by atoms with Crippen LogP contribution in [0, 0.1) is 0 Å². The summed E-state index contributed by atoms with van der Waals surface area (Å²) in [7, 11) is 0. The second-order valence-electron chi connectivity index (χ2n) is 6.65. The Kier molecular flexibility index (Phi) is 5.81. The number of para-hydroxylation sites is 2. The lowest BCUT2D eigenvalue weighted by Gasteiger charge is -2.15. The van der Waals surface area contributed by atoms with Crippen LogP contribution in [-0.4, -0.2) is 28.5 Å². The highest BCUT2D eigenvalue weighted by atomic mass is 32.1. The Morgan fingerprint density at radius 2 is 1.86 bits per heavy atom. The first-order valence-corrected chi connectivity index (χ1v) is 10.4. The van der Waals surface area contributed by atoms with Gasteiger partial charge in [0.1, 0.15) is 5.75 Å². The predicted octanol–water partition coefficient (Wildman–Crippen LogP) is 4.48. The third kappa shape index (κ3) is 4.78. The van der Waals surface area contributed by atoms with E-state index in [4.69, 9.17) is 4.74 Å². The van der Waals surface area contributed by atoms with Crippen molar-refractivity contribution in [1.29, 1.82) is 0 Å². The van der Waals surface area contributed by atoms with Gasteiger partial charge in [0.15, 0.2) is 6.10 Å². The smallest absolute Gasteiger partial charge is 0.260 e. The highest BCUT2D eigenvalue weighted by Gasteiger charge is 2.14. The van der Waals surface area contributed by atoms with Gasteiger partial charge in [-0.15, -0.1) is 11.3 Å². The molecule has 0 bridgehead atoms. The summed E-state index contributed by atoms with van der Waals surface area (Å²) in [5, 5.41) is 4.96. The van der Waals surface area contributed by atoms with Crippen molar-refractivity contribution >= 4 is 28.3 Å². The Labute approximate surface area is 173 Å². The van der Waals surface area contributed by atoms with Crippen molar-refractivity contribution in [3.8, 4) is 17.0 Å². The van der Waals surface area contributed by atoms with Gasteiger partial charge in [-0.1, -0.05) is 18.2 Å². The van der Waals surface area contributed by atoms with E-state index < -0.39 is 6.10 Å². The topological polar surface area (TPSA) is 64.1 Å². The number of carbonyl (C=O) groups excluding carboxylic acids is 1. The average Bonchev–Trinajstić information content (AvgIpc) is 3.27. The number of hydrogen-bond donors (Lipinski definition) is 1. The van der Waals surface area contributed by atoms with Crippen LogP contribution in [0.1, 0.15) is 11.8 Å². The minimum atomic E-state index is -0.565. The van der Waals surface area contributed by atoms with Crippen LogP contribution >= 0.6 is 11.3 Å². The minimum absolute atomic E-state index is 0.119. The molecule has 0 saturated carbocycles. The first-order chi connectivity index (χ1) is 14.2. The maximum Gasteiger partial charge on any atom is 0.260 e. The van der Waals surface area contributed by atoms with E-state index in [1.807, 2.05) is 60.0 Å². The van der Waals surface area contributed by atoms with E-state index in [1.54, 1.807) is 24.5 Å². The summed E-state index contributed by atoms with van der Waals surface area (Å²) in [4.78, 5) is 22.6. The summed E-state index contributed by atoms with van der Waals surface area (Å²) in [6.07, 6.45) is 2.03. The van der Waals surface area contributed by atoms with E-state index in [0.717, 1.165) is 28.7 Å². The second-order valence-corrected chi connectivity index (χ2v) is 7.68. The molecule has 0 aliphatic carbocycles. The zero-order valence-corrected chi connectivity index (χ0v) is 16.9. The molecule has 0 spiro atoms. The fourth-order valence-corrected chi connectivity index (χ4v) is 3.67. The number of ether oxygens (including phenoxy) is 1. The monoisotopic (exact) mass is 403 g/mol. The molecule has 0 fully saturated rings. The highest BCUT2D eigenvalue weighted by molar-refractivity contribution is 7.09. The molecule has 1 amide bonds. The van der Waals surface area contributed by atoms with Crippen LogP contribution in [0.3, 0.4) is 0 Å². The van der Waals surface area contributed by atoms with Gasteiger partial charge in [-0.25, -0.2) is 4.98 Å². The van der Waals surface area contributed by atoms with Gasteiger partial charge in [0, 0.05) is 17.0 Å². The van der Waals surface area contributed by atoms with E-state index in [1.165, 1.54) is 4.88 Å². The second kappa shape index (κ2) is 8.84. The molecule has 4 rings (SSSR count). The zero-order valence-electron chi connectivity index (χ0n) is 16.0. The molecule has 5 nitrogen and oxygen atoms in total. The van der Waals surface area contributed by atoms with E-state index in [2.05, 4.69) is 21.4 Å². The van der Waals surface area contributed by atoms with E-state index >= 15 is 0 Å². The molecule has 0 aliphatic rings. The third-order valence-corrected chi connectivity index (χ3v) is 5.47. The lowest BCUT2D eigenvalue weighted by molar-refractivity contribution is -0.127. The summed E-state index contributed by atoms with van der Waals surface area (Å²) in [5.74, 6) is 0.523. The van der Waals surface area contributed by atoms with Crippen LogP contribution in [0.15, 0.2) is 72.2 Å². The summed E-state index contributed by atoms with van der Waals surface area (Å²) in [6.45, 7) is 2.36. The van der Waals surface area contributed by atoms with Gasteiger partial charge in [0.05, 0.1) is 22.9 Å². The van der Waals surface area contributed by atoms with Gasteiger partial charge in [-0.05, 0) is 61.2 Å². The third-order valence-electron chi connectivity index (χ3n) is 4.53. The molecule has 1 atom stereocenters. The molecule has 0 radical (unpaired) electrons.